The first-order chi connectivity index (χ1) is 22.8. The number of benzene rings is 4. The topological polar surface area (TPSA) is 99.2 Å². The van der Waals surface area contributed by atoms with Crippen LogP contribution in [0.15, 0.2) is 103 Å². The second-order valence-electron chi connectivity index (χ2n) is 12.1. The number of aromatic nitrogens is 2. The Balaban J connectivity index is 1.29. The first-order valence-electron chi connectivity index (χ1n) is 15.7. The van der Waals surface area contributed by atoms with Crippen molar-refractivity contribution >= 4 is 51.1 Å². The van der Waals surface area contributed by atoms with Gasteiger partial charge in [-0.05, 0) is 53.4 Å². The lowest BCUT2D eigenvalue weighted by Gasteiger charge is -2.36. The van der Waals surface area contributed by atoms with E-state index in [0.717, 1.165) is 44.2 Å². The Bertz CT molecular complexity index is 2170. The van der Waals surface area contributed by atoms with Crippen LogP contribution >= 0.6 is 11.6 Å². The maximum absolute atomic E-state index is 14.4. The molecule has 3 unspecified atom stereocenters. The number of nitrogens with one attached hydrogen (secondary N) is 3. The van der Waals surface area contributed by atoms with Gasteiger partial charge in [0.25, 0.3) is 17.7 Å². The van der Waals surface area contributed by atoms with Crippen molar-refractivity contribution in [1.82, 2.24) is 25.3 Å². The lowest BCUT2D eigenvalue weighted by Crippen LogP contribution is -2.56. The van der Waals surface area contributed by atoms with Crippen LogP contribution in [0.5, 0.6) is 0 Å². The van der Waals surface area contributed by atoms with Gasteiger partial charge < -0.3 is 14.5 Å². The third kappa shape index (κ3) is 5.15. The predicted molar refractivity (Wildman–Crippen MR) is 185 cm³/mol. The number of aryl methyl sites for hydroxylation is 1. The summed E-state index contributed by atoms with van der Waals surface area (Å²) in [7, 11) is 1.78. The summed E-state index contributed by atoms with van der Waals surface area (Å²) in [5.74, 6) is -1.42. The Labute approximate surface area is 277 Å². The number of amides is 3. The number of rotatable bonds is 7. The molecule has 236 valence electrons. The van der Waals surface area contributed by atoms with Gasteiger partial charge in [0.2, 0.25) is 0 Å². The van der Waals surface area contributed by atoms with Crippen molar-refractivity contribution in [3.63, 3.8) is 0 Å². The zero-order chi connectivity index (χ0) is 32.8. The summed E-state index contributed by atoms with van der Waals surface area (Å²) >= 11 is 6.17. The highest BCUT2D eigenvalue weighted by Gasteiger charge is 2.47. The number of para-hydroxylation sites is 1. The Morgan fingerprint density at radius 3 is 2.43 bits per heavy atom. The molecule has 47 heavy (non-hydrogen) atoms. The number of hydrogen-bond acceptors (Lipinski definition) is 3. The molecule has 3 N–H and O–H groups in total. The van der Waals surface area contributed by atoms with Crippen LogP contribution in [0.25, 0.3) is 33.1 Å². The highest BCUT2D eigenvalue weighted by molar-refractivity contribution is 6.31. The Kier molecular flexibility index (Phi) is 7.82. The molecule has 1 aliphatic heterocycles. The summed E-state index contributed by atoms with van der Waals surface area (Å²) in [6.45, 7) is 3.95. The van der Waals surface area contributed by atoms with E-state index in [1.807, 2.05) is 98.8 Å². The minimum Gasteiger partial charge on any atom is -0.354 e. The summed E-state index contributed by atoms with van der Waals surface area (Å²) in [5, 5.41) is 2.35. The molecule has 0 saturated heterocycles. The minimum absolute atomic E-state index is 0.229. The first-order valence-corrected chi connectivity index (χ1v) is 16.1. The number of halogens is 1. The fourth-order valence-corrected chi connectivity index (χ4v) is 7.06. The molecular formula is C38H34ClN5O3. The standard InChI is InChI=1S/C38H34ClN5O3/c1-4-22(2)34(37(46)42-41-36(45)31-21-24-20-25(39)18-19-30(24)43(31)3)44-35(26-14-8-9-15-27(26)38(44)47)32-28-16-10-11-17-29(28)40-33(32)23-12-6-5-7-13-23/h5-22,34-35,40H,4H2,1-3H3,(H,41,45)(H,42,46). The van der Waals surface area contributed by atoms with Crippen LogP contribution < -0.4 is 10.9 Å². The molecule has 4 aromatic carbocycles. The zero-order valence-electron chi connectivity index (χ0n) is 26.3. The van der Waals surface area contributed by atoms with E-state index >= 15 is 0 Å². The van der Waals surface area contributed by atoms with Gasteiger partial charge in [0.05, 0.1) is 11.7 Å². The number of nitrogens with zero attached hydrogens (tertiary/aromatic N) is 2. The fraction of sp³-hybridized carbons (Fsp3) is 0.184. The summed E-state index contributed by atoms with van der Waals surface area (Å²) in [6, 6.07) is 31.3. The molecule has 0 spiro atoms. The second kappa shape index (κ2) is 12.1. The van der Waals surface area contributed by atoms with Gasteiger partial charge in [0.15, 0.2) is 0 Å². The van der Waals surface area contributed by atoms with Crippen LogP contribution in [0.2, 0.25) is 5.02 Å². The van der Waals surface area contributed by atoms with Crippen molar-refractivity contribution in [3.05, 3.63) is 131 Å². The molecule has 2 aromatic heterocycles. The number of H-pyrrole nitrogens is 1. The summed E-state index contributed by atoms with van der Waals surface area (Å²) in [4.78, 5) is 47.4. The van der Waals surface area contributed by atoms with Crippen LogP contribution in [-0.4, -0.2) is 38.2 Å². The highest BCUT2D eigenvalue weighted by atomic mass is 35.5. The zero-order valence-corrected chi connectivity index (χ0v) is 27.0. The number of carbonyl (C=O) groups excluding carboxylic acids is 3. The van der Waals surface area contributed by atoms with Crippen molar-refractivity contribution in [2.24, 2.45) is 13.0 Å². The molecule has 3 heterocycles. The molecular weight excluding hydrogens is 610 g/mol. The first kappa shape index (κ1) is 30.3. The summed E-state index contributed by atoms with van der Waals surface area (Å²) in [6.07, 6.45) is 0.627. The van der Waals surface area contributed by atoms with Crippen molar-refractivity contribution in [2.45, 2.75) is 32.4 Å². The van der Waals surface area contributed by atoms with Gasteiger partial charge in [0.1, 0.15) is 11.7 Å². The average molecular weight is 644 g/mol. The van der Waals surface area contributed by atoms with E-state index in [1.54, 1.807) is 34.7 Å². The van der Waals surface area contributed by atoms with Crippen molar-refractivity contribution in [2.75, 3.05) is 0 Å². The highest BCUT2D eigenvalue weighted by Crippen LogP contribution is 2.47. The van der Waals surface area contributed by atoms with E-state index in [4.69, 9.17) is 11.6 Å². The molecule has 0 bridgehead atoms. The smallest absolute Gasteiger partial charge is 0.286 e. The number of carbonyl (C=O) groups is 3. The van der Waals surface area contributed by atoms with Crippen LogP contribution in [0, 0.1) is 5.92 Å². The molecule has 9 heteroatoms. The Hall–Kier alpha value is -5.34. The second-order valence-corrected chi connectivity index (χ2v) is 12.5. The summed E-state index contributed by atoms with van der Waals surface area (Å²) in [5.41, 5.74) is 11.6. The molecule has 8 nitrogen and oxygen atoms in total. The van der Waals surface area contributed by atoms with E-state index in [1.165, 1.54) is 0 Å². The maximum atomic E-state index is 14.4. The number of hydrogen-bond donors (Lipinski definition) is 3. The third-order valence-corrected chi connectivity index (χ3v) is 9.60. The molecule has 0 fully saturated rings. The molecule has 0 aliphatic carbocycles. The Morgan fingerprint density at radius 2 is 1.64 bits per heavy atom. The van der Waals surface area contributed by atoms with Crippen molar-refractivity contribution in [3.8, 4) is 11.3 Å². The van der Waals surface area contributed by atoms with Crippen LogP contribution in [0.3, 0.4) is 0 Å². The van der Waals surface area contributed by atoms with E-state index in [-0.39, 0.29) is 11.8 Å². The lowest BCUT2D eigenvalue weighted by atomic mass is 9.90. The average Bonchev–Trinajstić information content (AvgIpc) is 3.73. The van der Waals surface area contributed by atoms with Crippen LogP contribution in [0.1, 0.15) is 58.3 Å². The van der Waals surface area contributed by atoms with E-state index in [0.29, 0.717) is 22.7 Å². The number of aromatic amines is 1. The number of fused-ring (bicyclic) bond motifs is 3. The number of hydrazine groups is 1. The van der Waals surface area contributed by atoms with Gasteiger partial charge >= 0.3 is 0 Å². The van der Waals surface area contributed by atoms with Crippen molar-refractivity contribution in [1.29, 1.82) is 0 Å². The Morgan fingerprint density at radius 1 is 0.915 bits per heavy atom. The quantitative estimate of drug-likeness (QED) is 0.158. The molecule has 6 aromatic rings. The maximum Gasteiger partial charge on any atom is 0.286 e. The van der Waals surface area contributed by atoms with Gasteiger partial charge in [0, 0.05) is 45.0 Å². The van der Waals surface area contributed by atoms with Gasteiger partial charge in [-0.2, -0.15) is 0 Å². The van der Waals surface area contributed by atoms with Gasteiger partial charge in [-0.1, -0.05) is 98.6 Å². The molecule has 3 amide bonds. The van der Waals surface area contributed by atoms with Crippen LogP contribution in [0.4, 0.5) is 0 Å². The van der Waals surface area contributed by atoms with Crippen LogP contribution in [-0.2, 0) is 11.8 Å². The third-order valence-electron chi connectivity index (χ3n) is 9.37. The fourth-order valence-electron chi connectivity index (χ4n) is 6.87. The molecule has 0 radical (unpaired) electrons. The lowest BCUT2D eigenvalue weighted by molar-refractivity contribution is -0.128. The van der Waals surface area contributed by atoms with Crippen molar-refractivity contribution < 1.29 is 14.4 Å². The summed E-state index contributed by atoms with van der Waals surface area (Å²) < 4.78 is 1.75. The molecule has 1 aliphatic rings. The molecule has 3 atom stereocenters. The largest absolute Gasteiger partial charge is 0.354 e. The normalized spacial score (nSPS) is 15.5. The molecule has 7 rings (SSSR count). The van der Waals surface area contributed by atoms with Gasteiger partial charge in [-0.25, -0.2) is 0 Å². The van der Waals surface area contributed by atoms with E-state index in [9.17, 15) is 14.4 Å². The SMILES string of the molecule is CCC(C)C(C(=O)NNC(=O)c1cc2cc(Cl)ccc2n1C)N1C(=O)c2ccccc2C1c1c(-c2ccccc2)[nH]c2ccccc12. The van der Waals surface area contributed by atoms with E-state index in [2.05, 4.69) is 15.8 Å². The van der Waals surface area contributed by atoms with E-state index < -0.39 is 23.9 Å². The van der Waals surface area contributed by atoms with Gasteiger partial charge in [-0.3, -0.25) is 25.2 Å². The van der Waals surface area contributed by atoms with Gasteiger partial charge in [-0.15, -0.1) is 0 Å². The predicted octanol–water partition coefficient (Wildman–Crippen LogP) is 7.40. The monoisotopic (exact) mass is 643 g/mol. The molecule has 0 saturated carbocycles. The minimum atomic E-state index is -0.895.